The molecule has 78 valence electrons. The van der Waals surface area contributed by atoms with Gasteiger partial charge in [-0.25, -0.2) is 4.68 Å². The second-order valence-corrected chi connectivity index (χ2v) is 3.17. The second-order valence-electron chi connectivity index (χ2n) is 3.17. The number of primary amides is 1. The van der Waals surface area contributed by atoms with Gasteiger partial charge in [-0.15, -0.1) is 0 Å². The lowest BCUT2D eigenvalue weighted by molar-refractivity contribution is 0.100. The lowest BCUT2D eigenvalue weighted by Gasteiger charge is -2.02. The van der Waals surface area contributed by atoms with E-state index in [9.17, 15) is 4.79 Å². The molecule has 0 unspecified atom stereocenters. The number of nitrogens with zero attached hydrogens (tertiary/aromatic N) is 3. The van der Waals surface area contributed by atoms with Crippen molar-refractivity contribution in [2.45, 2.75) is 0 Å². The van der Waals surface area contributed by atoms with Crippen molar-refractivity contribution in [3.05, 3.63) is 47.8 Å². The fourth-order valence-corrected chi connectivity index (χ4v) is 1.35. The summed E-state index contributed by atoms with van der Waals surface area (Å²) >= 11 is 0. The minimum absolute atomic E-state index is 0.313. The third kappa shape index (κ3) is 1.64. The van der Waals surface area contributed by atoms with Gasteiger partial charge in [0, 0.05) is 6.20 Å². The Morgan fingerprint density at radius 3 is 2.81 bits per heavy atom. The van der Waals surface area contributed by atoms with E-state index in [2.05, 4.69) is 11.2 Å². The number of para-hydroxylation sites is 1. The third-order valence-electron chi connectivity index (χ3n) is 2.14. The van der Waals surface area contributed by atoms with Crippen LogP contribution in [0.1, 0.15) is 15.9 Å². The molecule has 1 aromatic heterocycles. The SMILES string of the molecule is N#Cc1ccccc1-n1cc(C(N)=O)cn1. The van der Waals surface area contributed by atoms with Gasteiger partial charge in [-0.3, -0.25) is 4.79 Å². The molecule has 5 heteroatoms. The molecule has 1 aromatic carbocycles. The standard InChI is InChI=1S/C11H8N4O/c12-5-8-3-1-2-4-10(8)15-7-9(6-14-15)11(13)16/h1-4,6-7H,(H2,13,16). The van der Waals surface area contributed by atoms with Crippen LogP contribution in [0.3, 0.4) is 0 Å². The van der Waals surface area contributed by atoms with Crippen LogP contribution in [0, 0.1) is 11.3 Å². The van der Waals surface area contributed by atoms with Crippen molar-refractivity contribution in [2.24, 2.45) is 5.73 Å². The molecule has 16 heavy (non-hydrogen) atoms. The zero-order valence-electron chi connectivity index (χ0n) is 8.29. The largest absolute Gasteiger partial charge is 0.366 e. The number of nitrogens with two attached hydrogens (primary N) is 1. The van der Waals surface area contributed by atoms with E-state index in [0.717, 1.165) is 0 Å². The second kappa shape index (κ2) is 3.87. The topological polar surface area (TPSA) is 84.7 Å². The Balaban J connectivity index is 2.51. The van der Waals surface area contributed by atoms with Crippen molar-refractivity contribution in [2.75, 3.05) is 0 Å². The molecule has 0 aliphatic rings. The molecule has 5 nitrogen and oxygen atoms in total. The highest BCUT2D eigenvalue weighted by molar-refractivity contribution is 5.92. The molecule has 2 aromatic rings. The summed E-state index contributed by atoms with van der Waals surface area (Å²) in [7, 11) is 0. The van der Waals surface area contributed by atoms with Crippen LogP contribution in [0.5, 0.6) is 0 Å². The minimum atomic E-state index is -0.541. The van der Waals surface area contributed by atoms with Crippen LogP contribution >= 0.6 is 0 Å². The maximum atomic E-state index is 10.9. The van der Waals surface area contributed by atoms with Crippen LogP contribution in [0.4, 0.5) is 0 Å². The van der Waals surface area contributed by atoms with E-state index < -0.39 is 5.91 Å². The number of carbonyl (C=O) groups is 1. The first-order valence-corrected chi connectivity index (χ1v) is 4.56. The summed E-state index contributed by atoms with van der Waals surface area (Å²) in [6.07, 6.45) is 2.87. The summed E-state index contributed by atoms with van der Waals surface area (Å²) < 4.78 is 1.46. The van der Waals surface area contributed by atoms with E-state index in [1.54, 1.807) is 24.3 Å². The van der Waals surface area contributed by atoms with Crippen molar-refractivity contribution < 1.29 is 4.79 Å². The molecule has 0 spiro atoms. The summed E-state index contributed by atoms with van der Waals surface area (Å²) in [5.74, 6) is -0.541. The van der Waals surface area contributed by atoms with E-state index in [1.165, 1.54) is 17.1 Å². The van der Waals surface area contributed by atoms with Crippen molar-refractivity contribution in [3.63, 3.8) is 0 Å². The molecular formula is C11H8N4O. The van der Waals surface area contributed by atoms with Crippen molar-refractivity contribution in [1.29, 1.82) is 5.26 Å². The van der Waals surface area contributed by atoms with Crippen LogP contribution in [0.2, 0.25) is 0 Å². The van der Waals surface area contributed by atoms with Crippen molar-refractivity contribution >= 4 is 5.91 Å². The molecule has 2 rings (SSSR count). The maximum absolute atomic E-state index is 10.9. The van der Waals surface area contributed by atoms with Crippen molar-refractivity contribution in [1.82, 2.24) is 9.78 Å². The van der Waals surface area contributed by atoms with Gasteiger partial charge in [0.05, 0.1) is 23.0 Å². The van der Waals surface area contributed by atoms with Gasteiger partial charge in [-0.05, 0) is 12.1 Å². The normalized spacial score (nSPS) is 9.69. The summed E-state index contributed by atoms with van der Waals surface area (Å²) in [4.78, 5) is 10.9. The van der Waals surface area contributed by atoms with Gasteiger partial charge in [0.25, 0.3) is 5.91 Å². The van der Waals surface area contributed by atoms with Gasteiger partial charge in [-0.1, -0.05) is 12.1 Å². The smallest absolute Gasteiger partial charge is 0.251 e. The van der Waals surface area contributed by atoms with E-state index in [4.69, 9.17) is 11.0 Å². The molecule has 0 aliphatic heterocycles. The van der Waals surface area contributed by atoms with Crippen LogP contribution in [0.15, 0.2) is 36.7 Å². The van der Waals surface area contributed by atoms with Gasteiger partial charge in [0.15, 0.2) is 0 Å². The number of amides is 1. The lowest BCUT2D eigenvalue weighted by Crippen LogP contribution is -2.09. The summed E-state index contributed by atoms with van der Waals surface area (Å²) in [6, 6.07) is 9.04. The molecule has 0 radical (unpaired) electrons. The van der Waals surface area contributed by atoms with Crippen LogP contribution < -0.4 is 5.73 Å². The predicted molar refractivity (Wildman–Crippen MR) is 56.8 cm³/mol. The van der Waals surface area contributed by atoms with Crippen LogP contribution in [-0.2, 0) is 0 Å². The molecular weight excluding hydrogens is 204 g/mol. The molecule has 1 amide bonds. The van der Waals surface area contributed by atoms with E-state index in [0.29, 0.717) is 16.8 Å². The van der Waals surface area contributed by atoms with Gasteiger partial charge in [0.1, 0.15) is 6.07 Å². The quantitative estimate of drug-likeness (QED) is 0.800. The molecule has 0 saturated heterocycles. The highest BCUT2D eigenvalue weighted by atomic mass is 16.1. The third-order valence-corrected chi connectivity index (χ3v) is 2.14. The van der Waals surface area contributed by atoms with E-state index in [1.807, 2.05) is 0 Å². The summed E-state index contributed by atoms with van der Waals surface area (Å²) in [6.45, 7) is 0. The van der Waals surface area contributed by atoms with Crippen LogP contribution in [0.25, 0.3) is 5.69 Å². The Labute approximate surface area is 91.7 Å². The number of nitriles is 1. The fourth-order valence-electron chi connectivity index (χ4n) is 1.35. The summed E-state index contributed by atoms with van der Waals surface area (Å²) in [5, 5.41) is 12.9. The Bertz CT molecular complexity index is 580. The molecule has 0 aliphatic carbocycles. The van der Waals surface area contributed by atoms with E-state index >= 15 is 0 Å². The first-order chi connectivity index (χ1) is 7.72. The van der Waals surface area contributed by atoms with Gasteiger partial charge < -0.3 is 5.73 Å². The first kappa shape index (κ1) is 9.93. The highest BCUT2D eigenvalue weighted by Crippen LogP contribution is 2.13. The Morgan fingerprint density at radius 2 is 2.19 bits per heavy atom. The number of rotatable bonds is 2. The Hall–Kier alpha value is -2.61. The number of carbonyl (C=O) groups excluding carboxylic acids is 1. The number of hydrogen-bond acceptors (Lipinski definition) is 3. The molecule has 0 fully saturated rings. The molecule has 0 saturated carbocycles. The van der Waals surface area contributed by atoms with Crippen molar-refractivity contribution in [3.8, 4) is 11.8 Å². The van der Waals surface area contributed by atoms with Crippen LogP contribution in [-0.4, -0.2) is 15.7 Å². The highest BCUT2D eigenvalue weighted by Gasteiger charge is 2.07. The van der Waals surface area contributed by atoms with Gasteiger partial charge >= 0.3 is 0 Å². The maximum Gasteiger partial charge on any atom is 0.251 e. The molecule has 0 bridgehead atoms. The molecule has 0 atom stereocenters. The zero-order chi connectivity index (χ0) is 11.5. The lowest BCUT2D eigenvalue weighted by atomic mass is 10.2. The number of aromatic nitrogens is 2. The number of hydrogen-bond donors (Lipinski definition) is 1. The fraction of sp³-hybridized carbons (Fsp3) is 0. The number of benzene rings is 1. The van der Waals surface area contributed by atoms with Gasteiger partial charge in [-0.2, -0.15) is 10.4 Å². The first-order valence-electron chi connectivity index (χ1n) is 4.56. The monoisotopic (exact) mass is 212 g/mol. The Morgan fingerprint density at radius 1 is 1.44 bits per heavy atom. The van der Waals surface area contributed by atoms with E-state index in [-0.39, 0.29) is 0 Å². The summed E-state index contributed by atoms with van der Waals surface area (Å²) in [5.41, 5.74) is 6.54. The molecule has 1 heterocycles. The Kier molecular flexibility index (Phi) is 2.40. The van der Waals surface area contributed by atoms with Gasteiger partial charge in [0.2, 0.25) is 0 Å². The zero-order valence-corrected chi connectivity index (χ0v) is 8.29. The average molecular weight is 212 g/mol. The minimum Gasteiger partial charge on any atom is -0.366 e. The average Bonchev–Trinajstić information content (AvgIpc) is 2.78. The molecule has 2 N–H and O–H groups in total. The predicted octanol–water partition coefficient (Wildman–Crippen LogP) is 0.843.